The van der Waals surface area contributed by atoms with Crippen molar-refractivity contribution in [2.24, 2.45) is 0 Å². The number of fused-ring (bicyclic) bond motifs is 4. The summed E-state index contributed by atoms with van der Waals surface area (Å²) in [6.07, 6.45) is 2.11. The third-order valence-electron chi connectivity index (χ3n) is 5.09. The molecule has 0 atom stereocenters. The minimum atomic E-state index is -0.627. The maximum absolute atomic E-state index is 13.0. The number of amides is 1. The summed E-state index contributed by atoms with van der Waals surface area (Å²) in [6.45, 7) is 1.04. The van der Waals surface area contributed by atoms with Crippen molar-refractivity contribution in [2.75, 3.05) is 6.54 Å². The van der Waals surface area contributed by atoms with Gasteiger partial charge in [-0.2, -0.15) is 0 Å². The number of hydrogen-bond donors (Lipinski definition) is 3. The zero-order valence-corrected chi connectivity index (χ0v) is 16.1. The maximum atomic E-state index is 13.0. The van der Waals surface area contributed by atoms with Gasteiger partial charge < -0.3 is 9.88 Å². The van der Waals surface area contributed by atoms with Gasteiger partial charge in [0.2, 0.25) is 0 Å². The molecular formula is C19H14BrN5O3. The van der Waals surface area contributed by atoms with Crippen LogP contribution < -0.4 is 11.2 Å². The van der Waals surface area contributed by atoms with Gasteiger partial charge in [0.1, 0.15) is 5.65 Å². The highest BCUT2D eigenvalue weighted by Crippen LogP contribution is 2.32. The van der Waals surface area contributed by atoms with Crippen molar-refractivity contribution >= 4 is 43.8 Å². The number of benzene rings is 1. The van der Waals surface area contributed by atoms with Crippen molar-refractivity contribution < 1.29 is 4.79 Å². The van der Waals surface area contributed by atoms with E-state index >= 15 is 0 Å². The van der Waals surface area contributed by atoms with E-state index in [0.29, 0.717) is 18.7 Å². The lowest BCUT2D eigenvalue weighted by Gasteiger charge is -2.27. The van der Waals surface area contributed by atoms with E-state index in [4.69, 9.17) is 0 Å². The van der Waals surface area contributed by atoms with E-state index < -0.39 is 11.2 Å². The number of hydrogen-bond acceptors (Lipinski definition) is 4. The number of pyridine rings is 1. The number of carbonyl (C=O) groups is 1. The molecule has 0 radical (unpaired) electrons. The van der Waals surface area contributed by atoms with E-state index in [2.05, 4.69) is 35.9 Å². The van der Waals surface area contributed by atoms with Crippen LogP contribution in [0.1, 0.15) is 21.6 Å². The molecule has 0 unspecified atom stereocenters. The van der Waals surface area contributed by atoms with Crippen LogP contribution in [-0.2, 0) is 13.0 Å². The van der Waals surface area contributed by atoms with Gasteiger partial charge in [0.05, 0.1) is 16.5 Å². The molecule has 4 aromatic rings. The van der Waals surface area contributed by atoms with Crippen molar-refractivity contribution in [3.05, 3.63) is 72.6 Å². The highest BCUT2D eigenvalue weighted by Gasteiger charge is 2.25. The Hall–Kier alpha value is -3.20. The molecule has 0 fully saturated rings. The van der Waals surface area contributed by atoms with Crippen LogP contribution in [0.3, 0.4) is 0 Å². The van der Waals surface area contributed by atoms with Crippen molar-refractivity contribution in [3.63, 3.8) is 0 Å². The summed E-state index contributed by atoms with van der Waals surface area (Å²) in [5.74, 6) is -0.199. The van der Waals surface area contributed by atoms with Gasteiger partial charge in [-0.05, 0) is 28.1 Å². The molecule has 4 heterocycles. The van der Waals surface area contributed by atoms with Gasteiger partial charge in [0.15, 0.2) is 0 Å². The molecule has 3 aromatic heterocycles. The minimum Gasteiger partial charge on any atom is -0.357 e. The SMILES string of the molecule is O=C(c1cnc2[nH]c(=O)[nH]c(=O)c2c1)N1CCc2[nH]c3c(Br)cccc3c2C1. The fourth-order valence-corrected chi connectivity index (χ4v) is 4.19. The third kappa shape index (κ3) is 2.58. The van der Waals surface area contributed by atoms with Crippen molar-refractivity contribution in [3.8, 4) is 0 Å². The molecule has 1 amide bonds. The monoisotopic (exact) mass is 439 g/mol. The third-order valence-corrected chi connectivity index (χ3v) is 5.75. The highest BCUT2D eigenvalue weighted by molar-refractivity contribution is 9.10. The number of aromatic nitrogens is 4. The van der Waals surface area contributed by atoms with E-state index in [-0.39, 0.29) is 16.9 Å². The van der Waals surface area contributed by atoms with Gasteiger partial charge >= 0.3 is 5.69 Å². The number of nitrogens with zero attached hydrogens (tertiary/aromatic N) is 2. The fraction of sp³-hybridized carbons (Fsp3) is 0.158. The molecule has 3 N–H and O–H groups in total. The first-order valence-corrected chi connectivity index (χ1v) is 9.50. The average Bonchev–Trinajstić information content (AvgIpc) is 3.06. The first-order valence-electron chi connectivity index (χ1n) is 8.71. The number of carbonyl (C=O) groups excluding carboxylic acids is 1. The molecule has 0 bridgehead atoms. The Balaban J connectivity index is 1.52. The van der Waals surface area contributed by atoms with E-state index in [1.807, 2.05) is 18.2 Å². The van der Waals surface area contributed by atoms with Gasteiger partial charge in [-0.15, -0.1) is 0 Å². The topological polar surface area (TPSA) is 115 Å². The van der Waals surface area contributed by atoms with Gasteiger partial charge in [-0.1, -0.05) is 12.1 Å². The van der Waals surface area contributed by atoms with Crippen LogP contribution in [0.15, 0.2) is 44.5 Å². The first-order chi connectivity index (χ1) is 13.5. The Morgan fingerprint density at radius 3 is 2.86 bits per heavy atom. The summed E-state index contributed by atoms with van der Waals surface area (Å²) < 4.78 is 0.990. The van der Waals surface area contributed by atoms with Crippen molar-refractivity contribution in [2.45, 2.75) is 13.0 Å². The molecule has 1 aromatic carbocycles. The first kappa shape index (κ1) is 16.9. The number of rotatable bonds is 1. The number of para-hydroxylation sites is 1. The summed E-state index contributed by atoms with van der Waals surface area (Å²) in [4.78, 5) is 50.3. The standard InChI is InChI=1S/C19H14BrN5O3/c20-13-3-1-2-10-12-8-25(5-4-14(12)22-15(10)13)18(27)9-6-11-16(21-7-9)23-19(28)24-17(11)26/h1-3,6-7,22H,4-5,8H2,(H2,21,23,24,26,28). The van der Waals surface area contributed by atoms with Crippen LogP contribution in [0.5, 0.6) is 0 Å². The summed E-state index contributed by atoms with van der Waals surface area (Å²) in [5.41, 5.74) is 2.55. The normalized spacial score (nSPS) is 13.8. The zero-order chi connectivity index (χ0) is 19.4. The van der Waals surface area contributed by atoms with Crippen LogP contribution in [-0.4, -0.2) is 37.3 Å². The zero-order valence-electron chi connectivity index (χ0n) is 14.5. The predicted octanol–water partition coefficient (Wildman–Crippen LogP) is 2.05. The summed E-state index contributed by atoms with van der Waals surface area (Å²) in [5, 5.41) is 1.27. The summed E-state index contributed by atoms with van der Waals surface area (Å²) in [7, 11) is 0. The molecule has 0 saturated carbocycles. The molecule has 140 valence electrons. The van der Waals surface area contributed by atoms with Gasteiger partial charge in [-0.25, -0.2) is 9.78 Å². The second kappa shape index (κ2) is 6.16. The molecule has 0 spiro atoms. The Labute approximate surface area is 165 Å². The van der Waals surface area contributed by atoms with E-state index in [1.54, 1.807) is 4.90 Å². The van der Waals surface area contributed by atoms with Crippen LogP contribution in [0.2, 0.25) is 0 Å². The molecule has 9 heteroatoms. The largest absolute Gasteiger partial charge is 0.357 e. The Bertz CT molecular complexity index is 1380. The molecule has 1 aliphatic rings. The van der Waals surface area contributed by atoms with Crippen LogP contribution >= 0.6 is 15.9 Å². The maximum Gasteiger partial charge on any atom is 0.327 e. The average molecular weight is 440 g/mol. The predicted molar refractivity (Wildman–Crippen MR) is 107 cm³/mol. The van der Waals surface area contributed by atoms with Crippen LogP contribution in [0, 0.1) is 0 Å². The highest BCUT2D eigenvalue weighted by atomic mass is 79.9. The summed E-state index contributed by atoms with van der Waals surface area (Å²) in [6, 6.07) is 7.47. The molecule has 0 aliphatic carbocycles. The van der Waals surface area contributed by atoms with E-state index in [0.717, 1.165) is 33.1 Å². The lowest BCUT2D eigenvalue weighted by molar-refractivity contribution is 0.0735. The Morgan fingerprint density at radius 1 is 1.14 bits per heavy atom. The number of halogens is 1. The Morgan fingerprint density at radius 2 is 2.00 bits per heavy atom. The second-order valence-electron chi connectivity index (χ2n) is 6.75. The molecule has 8 nitrogen and oxygen atoms in total. The lowest BCUT2D eigenvalue weighted by Crippen LogP contribution is -2.36. The van der Waals surface area contributed by atoms with Crippen molar-refractivity contribution in [1.29, 1.82) is 0 Å². The summed E-state index contributed by atoms with van der Waals surface area (Å²) >= 11 is 3.56. The second-order valence-corrected chi connectivity index (χ2v) is 7.60. The van der Waals surface area contributed by atoms with Crippen LogP contribution in [0.25, 0.3) is 21.9 Å². The van der Waals surface area contributed by atoms with Gasteiger partial charge in [0.25, 0.3) is 11.5 Å². The molecule has 28 heavy (non-hydrogen) atoms. The number of nitrogens with one attached hydrogen (secondary N) is 3. The fourth-order valence-electron chi connectivity index (χ4n) is 3.72. The van der Waals surface area contributed by atoms with E-state index in [9.17, 15) is 14.4 Å². The molecule has 0 saturated heterocycles. The molecule has 5 rings (SSSR count). The lowest BCUT2D eigenvalue weighted by atomic mass is 10.0. The minimum absolute atomic E-state index is 0.160. The van der Waals surface area contributed by atoms with Gasteiger partial charge in [0, 0.05) is 46.8 Å². The Kier molecular flexibility index (Phi) is 3.73. The van der Waals surface area contributed by atoms with Gasteiger partial charge in [-0.3, -0.25) is 19.6 Å². The smallest absolute Gasteiger partial charge is 0.327 e. The quantitative estimate of drug-likeness (QED) is 0.420. The number of H-pyrrole nitrogens is 3. The molecular weight excluding hydrogens is 426 g/mol. The van der Waals surface area contributed by atoms with E-state index in [1.165, 1.54) is 12.3 Å². The van der Waals surface area contributed by atoms with Crippen LogP contribution in [0.4, 0.5) is 0 Å². The van der Waals surface area contributed by atoms with Crippen molar-refractivity contribution in [1.82, 2.24) is 24.8 Å². The molecule has 1 aliphatic heterocycles. The number of aromatic amines is 3.